The molecule has 3 atom stereocenters. The second-order valence-corrected chi connectivity index (χ2v) is 8.58. The van der Waals surface area contributed by atoms with Crippen molar-refractivity contribution in [2.24, 2.45) is 5.41 Å². The minimum atomic E-state index is -0.524. The Hall–Kier alpha value is -0.650. The summed E-state index contributed by atoms with van der Waals surface area (Å²) in [6.45, 7) is 10.2. The maximum Gasteiger partial charge on any atom is 0.219 e. The first-order valence-corrected chi connectivity index (χ1v) is 8.91. The number of likely N-dealkylation sites (tertiary alicyclic amines) is 1. The van der Waals surface area contributed by atoms with Crippen LogP contribution in [0.3, 0.4) is 0 Å². The second-order valence-electron chi connectivity index (χ2n) is 8.58. The predicted molar refractivity (Wildman–Crippen MR) is 87.1 cm³/mol. The Morgan fingerprint density at radius 3 is 2.39 bits per heavy atom. The van der Waals surface area contributed by atoms with Crippen LogP contribution < -0.4 is 0 Å². The summed E-state index contributed by atoms with van der Waals surface area (Å²) in [6.07, 6.45) is 4.30. The Morgan fingerprint density at radius 1 is 1.17 bits per heavy atom. The Kier molecular flexibility index (Phi) is 4.27. The molecule has 0 aliphatic carbocycles. The zero-order chi connectivity index (χ0) is 16.9. The van der Waals surface area contributed by atoms with E-state index in [0.717, 1.165) is 51.8 Å². The highest BCUT2D eigenvalue weighted by Crippen LogP contribution is 2.48. The largest absolute Gasteiger partial charge is 0.390 e. The Labute approximate surface area is 139 Å². The van der Waals surface area contributed by atoms with Gasteiger partial charge in [0.25, 0.3) is 0 Å². The molecule has 3 aliphatic heterocycles. The molecule has 3 saturated heterocycles. The third-order valence-corrected chi connectivity index (χ3v) is 6.37. The lowest BCUT2D eigenvalue weighted by Gasteiger charge is -2.48. The molecular weight excluding hydrogens is 294 g/mol. The number of aliphatic hydroxyl groups is 1. The minimum absolute atomic E-state index is 0.0816. The molecule has 0 radical (unpaired) electrons. The van der Waals surface area contributed by atoms with Gasteiger partial charge in [-0.05, 0) is 58.3 Å². The fraction of sp³-hybridized carbons (Fsp3) is 0.944. The molecule has 5 heteroatoms. The van der Waals surface area contributed by atoms with E-state index in [1.807, 2.05) is 18.7 Å². The predicted octanol–water partition coefficient (Wildman–Crippen LogP) is 2.11. The molecule has 3 rings (SSSR count). The zero-order valence-electron chi connectivity index (χ0n) is 14.9. The van der Waals surface area contributed by atoms with Crippen LogP contribution in [-0.2, 0) is 14.3 Å². The highest BCUT2D eigenvalue weighted by molar-refractivity contribution is 5.73. The van der Waals surface area contributed by atoms with Gasteiger partial charge in [0.1, 0.15) is 0 Å². The van der Waals surface area contributed by atoms with E-state index in [1.54, 1.807) is 6.92 Å². The average molecular weight is 325 g/mol. The first-order valence-electron chi connectivity index (χ1n) is 8.91. The summed E-state index contributed by atoms with van der Waals surface area (Å²) in [6, 6.07) is 0. The number of hydrogen-bond acceptors (Lipinski definition) is 4. The van der Waals surface area contributed by atoms with Gasteiger partial charge in [0.2, 0.25) is 5.91 Å². The van der Waals surface area contributed by atoms with Crippen molar-refractivity contribution in [1.82, 2.24) is 4.90 Å². The molecule has 5 nitrogen and oxygen atoms in total. The summed E-state index contributed by atoms with van der Waals surface area (Å²) in [7, 11) is 0. The lowest BCUT2D eigenvalue weighted by molar-refractivity contribution is -0.245. The summed E-state index contributed by atoms with van der Waals surface area (Å²) in [5.74, 6) is 0.175. The number of carbonyl (C=O) groups excluding carboxylic acids is 1. The van der Waals surface area contributed by atoms with Crippen LogP contribution in [0.4, 0.5) is 0 Å². The summed E-state index contributed by atoms with van der Waals surface area (Å²) < 4.78 is 12.5. The van der Waals surface area contributed by atoms with Crippen molar-refractivity contribution in [3.05, 3.63) is 0 Å². The van der Waals surface area contributed by atoms with E-state index in [0.29, 0.717) is 0 Å². The van der Waals surface area contributed by atoms with E-state index in [9.17, 15) is 9.90 Å². The molecule has 0 saturated carbocycles. The van der Waals surface area contributed by atoms with Gasteiger partial charge in [0, 0.05) is 20.0 Å². The number of rotatable bonds is 1. The Bertz CT molecular complexity index is 470. The number of aliphatic hydroxyl groups excluding tert-OH is 1. The molecule has 1 spiro atoms. The molecule has 23 heavy (non-hydrogen) atoms. The SMILES string of the molecule is CC(=O)N1CCC2(CC1)CO[C@@H]([C@@]1(C)CC[C@H](O)C(C)(C)O1)C2. The van der Waals surface area contributed by atoms with Crippen LogP contribution >= 0.6 is 0 Å². The summed E-state index contributed by atoms with van der Waals surface area (Å²) in [5.41, 5.74) is -0.656. The standard InChI is InChI=1S/C18H31NO4/c1-13(20)19-9-7-18(8-10-19)11-15(22-12-18)17(4)6-5-14(21)16(2,3)23-17/h14-15,21H,5-12H2,1-4H3/t14-,15+,17+/m0/s1. The lowest BCUT2D eigenvalue weighted by Crippen LogP contribution is -2.56. The van der Waals surface area contributed by atoms with Crippen molar-refractivity contribution in [3.63, 3.8) is 0 Å². The topological polar surface area (TPSA) is 59.0 Å². The van der Waals surface area contributed by atoms with Crippen LogP contribution in [0.1, 0.15) is 59.8 Å². The molecule has 0 bridgehead atoms. The van der Waals surface area contributed by atoms with Crippen molar-refractivity contribution < 1.29 is 19.4 Å². The second kappa shape index (κ2) is 5.71. The quantitative estimate of drug-likeness (QED) is 0.802. The zero-order valence-corrected chi connectivity index (χ0v) is 14.9. The van der Waals surface area contributed by atoms with Crippen molar-refractivity contribution in [2.45, 2.75) is 83.2 Å². The Balaban J connectivity index is 1.65. The number of piperidine rings is 1. The molecule has 132 valence electrons. The maximum absolute atomic E-state index is 11.5. The van der Waals surface area contributed by atoms with Gasteiger partial charge in [-0.1, -0.05) is 0 Å². The number of amides is 1. The number of carbonyl (C=O) groups is 1. The molecule has 0 aromatic carbocycles. The van der Waals surface area contributed by atoms with Crippen LogP contribution in [-0.4, -0.2) is 59.0 Å². The third-order valence-electron chi connectivity index (χ3n) is 6.37. The van der Waals surface area contributed by atoms with Gasteiger partial charge in [0.05, 0.1) is 30.0 Å². The van der Waals surface area contributed by atoms with Gasteiger partial charge in [0.15, 0.2) is 0 Å². The molecule has 1 amide bonds. The van der Waals surface area contributed by atoms with Crippen LogP contribution in [0.15, 0.2) is 0 Å². The van der Waals surface area contributed by atoms with Crippen molar-refractivity contribution in [1.29, 1.82) is 0 Å². The fourth-order valence-electron chi connectivity index (χ4n) is 4.54. The normalized spacial score (nSPS) is 39.6. The highest BCUT2D eigenvalue weighted by Gasteiger charge is 2.53. The molecule has 3 aliphatic rings. The summed E-state index contributed by atoms with van der Waals surface area (Å²) >= 11 is 0. The number of nitrogens with zero attached hydrogens (tertiary/aromatic N) is 1. The van der Waals surface area contributed by atoms with Crippen LogP contribution in [0.5, 0.6) is 0 Å². The van der Waals surface area contributed by atoms with E-state index in [2.05, 4.69) is 6.92 Å². The van der Waals surface area contributed by atoms with E-state index in [1.165, 1.54) is 0 Å². The van der Waals surface area contributed by atoms with Gasteiger partial charge in [-0.3, -0.25) is 4.79 Å². The Morgan fingerprint density at radius 2 is 1.83 bits per heavy atom. The van der Waals surface area contributed by atoms with Gasteiger partial charge in [-0.2, -0.15) is 0 Å². The van der Waals surface area contributed by atoms with E-state index >= 15 is 0 Å². The van der Waals surface area contributed by atoms with Crippen molar-refractivity contribution >= 4 is 5.91 Å². The van der Waals surface area contributed by atoms with E-state index < -0.39 is 11.7 Å². The smallest absolute Gasteiger partial charge is 0.219 e. The van der Waals surface area contributed by atoms with Crippen LogP contribution in [0.2, 0.25) is 0 Å². The highest BCUT2D eigenvalue weighted by atomic mass is 16.6. The van der Waals surface area contributed by atoms with Gasteiger partial charge in [-0.15, -0.1) is 0 Å². The fourth-order valence-corrected chi connectivity index (χ4v) is 4.54. The van der Waals surface area contributed by atoms with E-state index in [4.69, 9.17) is 9.47 Å². The van der Waals surface area contributed by atoms with Gasteiger partial charge >= 0.3 is 0 Å². The molecule has 1 N–H and O–H groups in total. The lowest BCUT2D eigenvalue weighted by atomic mass is 9.73. The minimum Gasteiger partial charge on any atom is -0.390 e. The summed E-state index contributed by atoms with van der Waals surface area (Å²) in [5, 5.41) is 10.1. The molecule has 0 aromatic rings. The molecular formula is C18H31NO4. The molecule has 0 aromatic heterocycles. The van der Waals surface area contributed by atoms with E-state index in [-0.39, 0.29) is 23.0 Å². The third kappa shape index (κ3) is 3.15. The van der Waals surface area contributed by atoms with Crippen molar-refractivity contribution in [2.75, 3.05) is 19.7 Å². The number of hydrogen-bond donors (Lipinski definition) is 1. The van der Waals surface area contributed by atoms with Crippen molar-refractivity contribution in [3.8, 4) is 0 Å². The first kappa shape index (κ1) is 17.2. The van der Waals surface area contributed by atoms with Gasteiger partial charge < -0.3 is 19.5 Å². The summed E-state index contributed by atoms with van der Waals surface area (Å²) in [4.78, 5) is 13.5. The molecule has 3 fully saturated rings. The maximum atomic E-state index is 11.5. The molecule has 0 unspecified atom stereocenters. The number of ether oxygens (including phenoxy) is 2. The van der Waals surface area contributed by atoms with Gasteiger partial charge in [-0.25, -0.2) is 0 Å². The molecule has 3 heterocycles. The monoisotopic (exact) mass is 325 g/mol. The first-order chi connectivity index (χ1) is 10.7. The van der Waals surface area contributed by atoms with Crippen LogP contribution in [0.25, 0.3) is 0 Å². The average Bonchev–Trinajstić information content (AvgIpc) is 2.88. The van der Waals surface area contributed by atoms with Crippen LogP contribution in [0, 0.1) is 5.41 Å².